The van der Waals surface area contributed by atoms with E-state index in [1.165, 1.54) is 11.9 Å². The van der Waals surface area contributed by atoms with Crippen LogP contribution in [0, 0.1) is 11.8 Å². The lowest BCUT2D eigenvalue weighted by Gasteiger charge is -2.38. The molecule has 0 spiro atoms. The molecule has 0 radical (unpaired) electrons. The Labute approximate surface area is 188 Å². The van der Waals surface area contributed by atoms with Crippen molar-refractivity contribution in [2.45, 2.75) is 32.1 Å². The molecule has 0 bridgehead atoms. The first-order valence-corrected chi connectivity index (χ1v) is 11.5. The molecule has 0 aliphatic carbocycles. The molecule has 0 N–H and O–H groups in total. The Morgan fingerprint density at radius 2 is 1.78 bits per heavy atom. The van der Waals surface area contributed by atoms with Gasteiger partial charge in [0.15, 0.2) is 5.82 Å². The summed E-state index contributed by atoms with van der Waals surface area (Å²) < 4.78 is 1.62. The van der Waals surface area contributed by atoms with Gasteiger partial charge in [-0.15, -0.1) is 0 Å². The average Bonchev–Trinajstić information content (AvgIpc) is 3.40. The minimum Gasteiger partial charge on any atom is -0.356 e. The van der Waals surface area contributed by atoms with Crippen LogP contribution in [0.5, 0.6) is 0 Å². The first-order chi connectivity index (χ1) is 15.8. The lowest BCUT2D eigenvalue weighted by Crippen LogP contribution is -2.47. The Balaban J connectivity index is 1.18. The summed E-state index contributed by atoms with van der Waals surface area (Å²) in [6.07, 6.45) is 9.88. The van der Waals surface area contributed by atoms with Crippen molar-refractivity contribution in [3.8, 4) is 5.82 Å². The van der Waals surface area contributed by atoms with Crippen LogP contribution in [0.15, 0.2) is 55.4 Å². The summed E-state index contributed by atoms with van der Waals surface area (Å²) in [6, 6.07) is 12.6. The first-order valence-electron chi connectivity index (χ1n) is 11.5. The molecular formula is C24H29N7O. The summed E-state index contributed by atoms with van der Waals surface area (Å²) in [5.74, 6) is 2.52. The molecule has 2 aliphatic rings. The summed E-state index contributed by atoms with van der Waals surface area (Å²) in [6.45, 7) is 3.35. The third-order valence-electron chi connectivity index (χ3n) is 6.68. The number of benzene rings is 1. The maximum atomic E-state index is 13.3. The van der Waals surface area contributed by atoms with Crippen LogP contribution in [0.1, 0.15) is 31.2 Å². The van der Waals surface area contributed by atoms with Crippen LogP contribution in [0.3, 0.4) is 0 Å². The zero-order valence-corrected chi connectivity index (χ0v) is 18.3. The van der Waals surface area contributed by atoms with Gasteiger partial charge in [-0.25, -0.2) is 19.6 Å². The fourth-order valence-corrected chi connectivity index (χ4v) is 4.91. The first kappa shape index (κ1) is 20.6. The SMILES string of the molecule is O=C([C@H]1CCCN(c2cc(-n3cncn3)ncn2)C1)N1CCC(Cc2ccccc2)CC1. The molecule has 1 aromatic carbocycles. The highest BCUT2D eigenvalue weighted by Crippen LogP contribution is 2.27. The lowest BCUT2D eigenvalue weighted by atomic mass is 9.89. The van der Waals surface area contributed by atoms with Gasteiger partial charge in [0.25, 0.3) is 0 Å². The summed E-state index contributed by atoms with van der Waals surface area (Å²) >= 11 is 0. The van der Waals surface area contributed by atoms with E-state index in [1.54, 1.807) is 17.3 Å². The zero-order valence-electron chi connectivity index (χ0n) is 18.3. The van der Waals surface area contributed by atoms with Gasteiger partial charge in [-0.1, -0.05) is 30.3 Å². The zero-order chi connectivity index (χ0) is 21.8. The Bertz CT molecular complexity index is 1020. The van der Waals surface area contributed by atoms with Crippen LogP contribution in [0.2, 0.25) is 0 Å². The second-order valence-electron chi connectivity index (χ2n) is 8.82. The molecule has 8 nitrogen and oxygen atoms in total. The normalized spacial score (nSPS) is 19.8. The number of carbonyl (C=O) groups excluding carboxylic acids is 1. The maximum Gasteiger partial charge on any atom is 0.227 e. The van der Waals surface area contributed by atoms with Crippen LogP contribution in [-0.4, -0.2) is 61.7 Å². The van der Waals surface area contributed by atoms with Crippen molar-refractivity contribution in [3.63, 3.8) is 0 Å². The van der Waals surface area contributed by atoms with E-state index in [4.69, 9.17) is 0 Å². The molecule has 1 atom stereocenters. The van der Waals surface area contributed by atoms with E-state index < -0.39 is 0 Å². The summed E-state index contributed by atoms with van der Waals surface area (Å²) in [7, 11) is 0. The molecule has 0 unspecified atom stereocenters. The number of carbonyl (C=O) groups is 1. The molecule has 2 fully saturated rings. The van der Waals surface area contributed by atoms with Gasteiger partial charge in [-0.2, -0.15) is 5.10 Å². The van der Waals surface area contributed by atoms with E-state index in [9.17, 15) is 4.79 Å². The van der Waals surface area contributed by atoms with Gasteiger partial charge < -0.3 is 9.80 Å². The number of nitrogens with zero attached hydrogens (tertiary/aromatic N) is 7. The maximum absolute atomic E-state index is 13.3. The second-order valence-corrected chi connectivity index (χ2v) is 8.82. The molecule has 1 amide bonds. The highest BCUT2D eigenvalue weighted by atomic mass is 16.2. The molecule has 0 saturated carbocycles. The number of likely N-dealkylation sites (tertiary alicyclic amines) is 1. The average molecular weight is 432 g/mol. The predicted molar refractivity (Wildman–Crippen MR) is 121 cm³/mol. The summed E-state index contributed by atoms with van der Waals surface area (Å²) in [5.41, 5.74) is 1.40. The molecule has 32 heavy (non-hydrogen) atoms. The fourth-order valence-electron chi connectivity index (χ4n) is 4.91. The van der Waals surface area contributed by atoms with Gasteiger partial charge in [-0.3, -0.25) is 4.79 Å². The van der Waals surface area contributed by atoms with Crippen molar-refractivity contribution in [1.82, 2.24) is 29.6 Å². The largest absolute Gasteiger partial charge is 0.356 e. The highest BCUT2D eigenvalue weighted by molar-refractivity contribution is 5.80. The van der Waals surface area contributed by atoms with Crippen LogP contribution in [0.4, 0.5) is 5.82 Å². The summed E-state index contributed by atoms with van der Waals surface area (Å²) in [4.78, 5) is 30.3. The van der Waals surface area contributed by atoms with Gasteiger partial charge in [0.05, 0.1) is 5.92 Å². The van der Waals surface area contributed by atoms with Crippen molar-refractivity contribution in [1.29, 1.82) is 0 Å². The highest BCUT2D eigenvalue weighted by Gasteiger charge is 2.32. The molecule has 2 saturated heterocycles. The molecule has 2 aromatic heterocycles. The van der Waals surface area contributed by atoms with E-state index in [1.807, 2.05) is 6.07 Å². The van der Waals surface area contributed by atoms with Crippen molar-refractivity contribution in [2.75, 3.05) is 31.1 Å². The Morgan fingerprint density at radius 1 is 0.969 bits per heavy atom. The minimum atomic E-state index is 0.0270. The van der Waals surface area contributed by atoms with Crippen molar-refractivity contribution in [3.05, 3.63) is 60.9 Å². The Kier molecular flexibility index (Phi) is 6.09. The molecule has 3 aromatic rings. The fraction of sp³-hybridized carbons (Fsp3) is 0.458. The minimum absolute atomic E-state index is 0.0270. The van der Waals surface area contributed by atoms with Crippen molar-refractivity contribution in [2.24, 2.45) is 11.8 Å². The number of hydrogen-bond acceptors (Lipinski definition) is 6. The number of piperidine rings is 2. The van der Waals surface area contributed by atoms with Crippen LogP contribution in [-0.2, 0) is 11.2 Å². The third-order valence-corrected chi connectivity index (χ3v) is 6.68. The van der Waals surface area contributed by atoms with E-state index in [0.717, 1.165) is 57.6 Å². The van der Waals surface area contributed by atoms with E-state index in [2.05, 4.69) is 60.2 Å². The molecular weight excluding hydrogens is 402 g/mol. The summed E-state index contributed by atoms with van der Waals surface area (Å²) in [5, 5.41) is 4.15. The monoisotopic (exact) mass is 431 g/mol. The number of anilines is 1. The molecule has 5 rings (SSSR count). The predicted octanol–water partition coefficient (Wildman–Crippen LogP) is 2.76. The van der Waals surface area contributed by atoms with Gasteiger partial charge in [0.2, 0.25) is 5.91 Å². The molecule has 8 heteroatoms. The number of amides is 1. The molecule has 4 heterocycles. The van der Waals surface area contributed by atoms with Crippen LogP contribution < -0.4 is 4.90 Å². The Morgan fingerprint density at radius 3 is 2.56 bits per heavy atom. The van der Waals surface area contributed by atoms with Crippen molar-refractivity contribution < 1.29 is 4.79 Å². The van der Waals surface area contributed by atoms with Crippen LogP contribution in [0.25, 0.3) is 5.82 Å². The molecule has 2 aliphatic heterocycles. The Hall–Kier alpha value is -3.29. The third kappa shape index (κ3) is 4.64. The quantitative estimate of drug-likeness (QED) is 0.618. The van der Waals surface area contributed by atoms with E-state index >= 15 is 0 Å². The van der Waals surface area contributed by atoms with Gasteiger partial charge in [-0.05, 0) is 43.6 Å². The smallest absolute Gasteiger partial charge is 0.227 e. The van der Waals surface area contributed by atoms with Gasteiger partial charge in [0, 0.05) is 32.2 Å². The van der Waals surface area contributed by atoms with E-state index in [-0.39, 0.29) is 5.92 Å². The standard InChI is InChI=1S/C24H29N7O/c32-24(29-11-8-20(9-12-29)13-19-5-2-1-3-6-19)21-7-4-10-30(15-21)22-14-23(27-17-26-22)31-18-25-16-28-31/h1-3,5-6,14,16-18,20-21H,4,7-13,15H2/t21-/m0/s1. The number of rotatable bonds is 5. The van der Waals surface area contributed by atoms with Gasteiger partial charge in [0.1, 0.15) is 24.8 Å². The van der Waals surface area contributed by atoms with Gasteiger partial charge >= 0.3 is 0 Å². The topological polar surface area (TPSA) is 80.0 Å². The number of hydrogen-bond donors (Lipinski definition) is 0. The second kappa shape index (κ2) is 9.46. The van der Waals surface area contributed by atoms with Crippen LogP contribution >= 0.6 is 0 Å². The molecule has 166 valence electrons. The van der Waals surface area contributed by atoms with E-state index in [0.29, 0.717) is 24.2 Å². The van der Waals surface area contributed by atoms with Crippen molar-refractivity contribution >= 4 is 11.7 Å². The number of aromatic nitrogens is 5. The lowest BCUT2D eigenvalue weighted by molar-refractivity contribution is -0.137.